The third-order valence-corrected chi connectivity index (χ3v) is 4.24. The lowest BCUT2D eigenvalue weighted by molar-refractivity contribution is -0.137. The Bertz CT molecular complexity index is 486. The Morgan fingerprint density at radius 2 is 2.20 bits per heavy atom. The Kier molecular flexibility index (Phi) is 4.96. The summed E-state index contributed by atoms with van der Waals surface area (Å²) in [5, 5.41) is 4.45. The van der Waals surface area contributed by atoms with Crippen LogP contribution in [0.4, 0.5) is 13.2 Å². The molecule has 1 aromatic rings. The zero-order valence-corrected chi connectivity index (χ0v) is 12.0. The number of amidine groups is 1. The third kappa shape index (κ3) is 4.16. The number of thioether (sulfide) groups is 1. The molecule has 0 saturated heterocycles. The summed E-state index contributed by atoms with van der Waals surface area (Å²) >= 11 is 1.68. The second-order valence-corrected chi connectivity index (χ2v) is 6.02. The summed E-state index contributed by atoms with van der Waals surface area (Å²) in [4.78, 5) is 4.37. The van der Waals surface area contributed by atoms with Crippen molar-refractivity contribution in [2.75, 3.05) is 6.54 Å². The van der Waals surface area contributed by atoms with Crippen molar-refractivity contribution in [1.29, 1.82) is 0 Å². The van der Waals surface area contributed by atoms with Crippen LogP contribution in [-0.4, -0.2) is 17.0 Å². The molecule has 1 unspecified atom stereocenters. The Balaban J connectivity index is 1.89. The molecule has 0 bridgehead atoms. The van der Waals surface area contributed by atoms with Crippen LogP contribution in [0.15, 0.2) is 29.3 Å². The molecule has 1 atom stereocenters. The number of aliphatic imine (C=N–C) groups is 1. The minimum absolute atomic E-state index is 0.370. The van der Waals surface area contributed by atoms with Gasteiger partial charge in [-0.25, -0.2) is 0 Å². The van der Waals surface area contributed by atoms with Gasteiger partial charge in [0.15, 0.2) is 5.17 Å². The lowest BCUT2D eigenvalue weighted by Crippen LogP contribution is -2.19. The van der Waals surface area contributed by atoms with E-state index in [1.54, 1.807) is 17.8 Å². The van der Waals surface area contributed by atoms with Gasteiger partial charge in [0.1, 0.15) is 0 Å². The predicted octanol–water partition coefficient (Wildman–Crippen LogP) is 4.07. The number of nitrogens with zero attached hydrogens (tertiary/aromatic N) is 1. The lowest BCUT2D eigenvalue weighted by Gasteiger charge is -2.10. The van der Waals surface area contributed by atoms with Crippen LogP contribution in [0, 0.1) is 0 Å². The van der Waals surface area contributed by atoms with Crippen molar-refractivity contribution in [3.63, 3.8) is 0 Å². The van der Waals surface area contributed by atoms with Crippen molar-refractivity contribution in [3.8, 4) is 0 Å². The standard InChI is InChI=1S/C14H17F3N2S/c1-2-4-12-9-19-13(20-12)18-8-10-5-3-6-11(7-10)14(15,16)17/h3,5-7,12H,2,4,8-9H2,1H3,(H,18,19). The fraction of sp³-hybridized carbons (Fsp3) is 0.500. The van der Waals surface area contributed by atoms with Crippen molar-refractivity contribution >= 4 is 16.9 Å². The van der Waals surface area contributed by atoms with Gasteiger partial charge >= 0.3 is 6.18 Å². The van der Waals surface area contributed by atoms with Crippen LogP contribution >= 0.6 is 11.8 Å². The van der Waals surface area contributed by atoms with Crippen molar-refractivity contribution in [3.05, 3.63) is 35.4 Å². The molecule has 0 aliphatic carbocycles. The maximum absolute atomic E-state index is 12.6. The fourth-order valence-electron chi connectivity index (χ4n) is 2.02. The van der Waals surface area contributed by atoms with E-state index in [0.717, 1.165) is 30.6 Å². The van der Waals surface area contributed by atoms with E-state index in [9.17, 15) is 13.2 Å². The second kappa shape index (κ2) is 6.52. The van der Waals surface area contributed by atoms with E-state index in [0.29, 0.717) is 17.4 Å². The predicted molar refractivity (Wildman–Crippen MR) is 76.9 cm³/mol. The first-order valence-electron chi connectivity index (χ1n) is 6.60. The van der Waals surface area contributed by atoms with E-state index in [4.69, 9.17) is 0 Å². The zero-order valence-electron chi connectivity index (χ0n) is 11.2. The van der Waals surface area contributed by atoms with E-state index < -0.39 is 11.7 Å². The quantitative estimate of drug-likeness (QED) is 0.907. The van der Waals surface area contributed by atoms with Gasteiger partial charge in [0.25, 0.3) is 0 Å². The normalized spacial score (nSPS) is 19.0. The van der Waals surface area contributed by atoms with Crippen LogP contribution in [0.3, 0.4) is 0 Å². The number of benzene rings is 1. The first-order chi connectivity index (χ1) is 9.49. The average molecular weight is 302 g/mol. The summed E-state index contributed by atoms with van der Waals surface area (Å²) in [6.07, 6.45) is -2.06. The Labute approximate surface area is 120 Å². The molecule has 1 aliphatic rings. The summed E-state index contributed by atoms with van der Waals surface area (Å²) in [6.45, 7) is 3.30. The third-order valence-electron chi connectivity index (χ3n) is 3.03. The molecule has 1 heterocycles. The molecule has 0 radical (unpaired) electrons. The molecule has 2 nitrogen and oxygen atoms in total. The smallest absolute Gasteiger partial charge is 0.361 e. The van der Waals surface area contributed by atoms with Crippen LogP contribution in [0.1, 0.15) is 30.9 Å². The van der Waals surface area contributed by atoms with Gasteiger partial charge in [0.05, 0.1) is 12.1 Å². The Morgan fingerprint density at radius 1 is 1.40 bits per heavy atom. The van der Waals surface area contributed by atoms with Crippen LogP contribution < -0.4 is 5.32 Å². The summed E-state index contributed by atoms with van der Waals surface area (Å²) < 4.78 is 37.8. The fourth-order valence-corrected chi connectivity index (χ4v) is 3.15. The van der Waals surface area contributed by atoms with E-state index in [1.165, 1.54) is 12.1 Å². The summed E-state index contributed by atoms with van der Waals surface area (Å²) in [5.74, 6) is 0. The van der Waals surface area contributed by atoms with Gasteiger partial charge in [-0.3, -0.25) is 4.99 Å². The van der Waals surface area contributed by atoms with Crippen LogP contribution in [0.2, 0.25) is 0 Å². The molecule has 1 aliphatic heterocycles. The number of rotatable bonds is 4. The monoisotopic (exact) mass is 302 g/mol. The highest BCUT2D eigenvalue weighted by Crippen LogP contribution is 2.29. The van der Waals surface area contributed by atoms with Crippen LogP contribution in [-0.2, 0) is 12.7 Å². The molecular formula is C14H17F3N2S. The highest BCUT2D eigenvalue weighted by molar-refractivity contribution is 8.14. The number of nitrogens with one attached hydrogen (secondary N) is 1. The van der Waals surface area contributed by atoms with E-state index in [2.05, 4.69) is 17.2 Å². The number of hydrogen-bond acceptors (Lipinski definition) is 3. The molecule has 6 heteroatoms. The van der Waals surface area contributed by atoms with Gasteiger partial charge < -0.3 is 5.32 Å². The SMILES string of the molecule is CCCC1CN=C(NCc2cccc(C(F)(F)F)c2)S1. The van der Waals surface area contributed by atoms with Crippen molar-refractivity contribution in [1.82, 2.24) is 5.32 Å². The van der Waals surface area contributed by atoms with Crippen LogP contribution in [0.5, 0.6) is 0 Å². The molecular weight excluding hydrogens is 285 g/mol. The number of alkyl halides is 3. The highest BCUT2D eigenvalue weighted by atomic mass is 32.2. The maximum atomic E-state index is 12.6. The first kappa shape index (κ1) is 15.2. The van der Waals surface area contributed by atoms with Gasteiger partial charge in [-0.2, -0.15) is 13.2 Å². The lowest BCUT2D eigenvalue weighted by atomic mass is 10.1. The minimum atomic E-state index is -4.29. The largest absolute Gasteiger partial charge is 0.416 e. The van der Waals surface area contributed by atoms with Gasteiger partial charge in [0.2, 0.25) is 0 Å². The Morgan fingerprint density at radius 3 is 2.90 bits per heavy atom. The first-order valence-corrected chi connectivity index (χ1v) is 7.48. The number of halogens is 3. The van der Waals surface area contributed by atoms with E-state index >= 15 is 0 Å². The van der Waals surface area contributed by atoms with Crippen LogP contribution in [0.25, 0.3) is 0 Å². The van der Waals surface area contributed by atoms with Crippen molar-refractivity contribution in [2.45, 2.75) is 37.7 Å². The molecule has 1 aromatic carbocycles. The van der Waals surface area contributed by atoms with Crippen molar-refractivity contribution in [2.24, 2.45) is 4.99 Å². The maximum Gasteiger partial charge on any atom is 0.416 e. The van der Waals surface area contributed by atoms with Crippen molar-refractivity contribution < 1.29 is 13.2 Å². The zero-order chi connectivity index (χ0) is 14.6. The molecule has 20 heavy (non-hydrogen) atoms. The second-order valence-electron chi connectivity index (χ2n) is 4.73. The van der Waals surface area contributed by atoms with E-state index in [-0.39, 0.29) is 0 Å². The highest BCUT2D eigenvalue weighted by Gasteiger charge is 2.30. The van der Waals surface area contributed by atoms with Gasteiger partial charge in [-0.05, 0) is 24.1 Å². The van der Waals surface area contributed by atoms with E-state index in [1.807, 2.05) is 0 Å². The van der Waals surface area contributed by atoms with Gasteiger partial charge in [0, 0.05) is 11.8 Å². The Hall–Kier alpha value is -1.17. The molecule has 0 fully saturated rings. The molecule has 2 rings (SSSR count). The average Bonchev–Trinajstić information content (AvgIpc) is 2.84. The summed E-state index contributed by atoms with van der Waals surface area (Å²) in [7, 11) is 0. The summed E-state index contributed by atoms with van der Waals surface area (Å²) in [6, 6.07) is 5.38. The van der Waals surface area contributed by atoms with Gasteiger partial charge in [-0.15, -0.1) is 0 Å². The molecule has 0 spiro atoms. The van der Waals surface area contributed by atoms with Gasteiger partial charge in [-0.1, -0.05) is 37.2 Å². The summed E-state index contributed by atoms with van der Waals surface area (Å²) in [5.41, 5.74) is 0.00346. The molecule has 0 saturated carbocycles. The topological polar surface area (TPSA) is 24.4 Å². The molecule has 1 N–H and O–H groups in total. The molecule has 0 amide bonds. The molecule has 0 aromatic heterocycles. The minimum Gasteiger partial charge on any atom is -0.361 e. The molecule has 110 valence electrons. The number of hydrogen-bond donors (Lipinski definition) is 1.